The quantitative estimate of drug-likeness (QED) is 0.643. The second kappa shape index (κ2) is 3.26. The zero-order chi connectivity index (χ0) is 9.14. The summed E-state index contributed by atoms with van der Waals surface area (Å²) in [6, 6.07) is 4.52. The fourth-order valence-corrected chi connectivity index (χ4v) is 0.987. The second-order valence-corrected chi connectivity index (χ2v) is 2.49. The van der Waals surface area contributed by atoms with Crippen molar-refractivity contribution in [2.45, 2.75) is 6.92 Å². The van der Waals surface area contributed by atoms with Gasteiger partial charge in [-0.05, 0) is 30.7 Å². The SMILES string of the molecule is COC(=O)c1ccc(O)cc1C. The van der Waals surface area contributed by atoms with Gasteiger partial charge in [0.05, 0.1) is 12.7 Å². The Morgan fingerprint density at radius 2 is 2.17 bits per heavy atom. The van der Waals surface area contributed by atoms with Crippen LogP contribution < -0.4 is 0 Å². The molecule has 0 aromatic heterocycles. The predicted molar refractivity (Wildman–Crippen MR) is 44.2 cm³/mol. The molecule has 0 amide bonds. The highest BCUT2D eigenvalue weighted by atomic mass is 16.5. The standard InChI is InChI=1S/C9H10O3/c1-6-5-7(10)3-4-8(6)9(11)12-2/h3-5,10H,1-2H3. The number of methoxy groups -OCH3 is 1. The lowest BCUT2D eigenvalue weighted by Gasteiger charge is -2.02. The number of carbonyl (C=O) groups excluding carboxylic acids is 1. The third-order valence-corrected chi connectivity index (χ3v) is 1.62. The van der Waals surface area contributed by atoms with Gasteiger partial charge in [-0.1, -0.05) is 0 Å². The third-order valence-electron chi connectivity index (χ3n) is 1.62. The van der Waals surface area contributed by atoms with Crippen LogP contribution in [0.25, 0.3) is 0 Å². The number of aromatic hydroxyl groups is 1. The van der Waals surface area contributed by atoms with Crippen LogP contribution in [0.1, 0.15) is 15.9 Å². The first-order valence-electron chi connectivity index (χ1n) is 3.53. The topological polar surface area (TPSA) is 46.5 Å². The van der Waals surface area contributed by atoms with Gasteiger partial charge in [-0.3, -0.25) is 0 Å². The van der Waals surface area contributed by atoms with Gasteiger partial charge in [-0.25, -0.2) is 4.79 Å². The summed E-state index contributed by atoms with van der Waals surface area (Å²) in [5, 5.41) is 9.04. The van der Waals surface area contributed by atoms with Gasteiger partial charge in [0.1, 0.15) is 5.75 Å². The Morgan fingerprint density at radius 3 is 2.67 bits per heavy atom. The minimum atomic E-state index is -0.382. The molecule has 0 aliphatic carbocycles. The highest BCUT2D eigenvalue weighted by Crippen LogP contribution is 2.15. The number of ether oxygens (including phenoxy) is 1. The molecule has 0 radical (unpaired) electrons. The molecule has 12 heavy (non-hydrogen) atoms. The monoisotopic (exact) mass is 166 g/mol. The molecule has 0 spiro atoms. The Morgan fingerprint density at radius 1 is 1.50 bits per heavy atom. The molecule has 0 saturated carbocycles. The summed E-state index contributed by atoms with van der Waals surface area (Å²) in [4.78, 5) is 11.0. The van der Waals surface area contributed by atoms with E-state index in [1.807, 2.05) is 0 Å². The molecule has 0 aliphatic heterocycles. The van der Waals surface area contributed by atoms with Crippen molar-refractivity contribution in [3.63, 3.8) is 0 Å². The second-order valence-electron chi connectivity index (χ2n) is 2.49. The van der Waals surface area contributed by atoms with E-state index in [0.29, 0.717) is 11.1 Å². The maximum atomic E-state index is 11.0. The lowest BCUT2D eigenvalue weighted by Crippen LogP contribution is -2.02. The first kappa shape index (κ1) is 8.59. The van der Waals surface area contributed by atoms with E-state index < -0.39 is 0 Å². The fourth-order valence-electron chi connectivity index (χ4n) is 0.987. The minimum absolute atomic E-state index is 0.153. The van der Waals surface area contributed by atoms with E-state index >= 15 is 0 Å². The Kier molecular flexibility index (Phi) is 2.33. The predicted octanol–water partition coefficient (Wildman–Crippen LogP) is 1.49. The van der Waals surface area contributed by atoms with E-state index in [1.54, 1.807) is 6.92 Å². The molecule has 0 bridgehead atoms. The van der Waals surface area contributed by atoms with Crippen molar-refractivity contribution in [3.05, 3.63) is 29.3 Å². The number of phenolic OH excluding ortho intramolecular Hbond substituents is 1. The summed E-state index contributed by atoms with van der Waals surface area (Å²) in [6.07, 6.45) is 0. The number of carbonyl (C=O) groups is 1. The first-order chi connectivity index (χ1) is 5.65. The summed E-state index contributed by atoms with van der Waals surface area (Å²) in [5.74, 6) is -0.229. The number of phenols is 1. The van der Waals surface area contributed by atoms with Crippen molar-refractivity contribution in [1.82, 2.24) is 0 Å². The van der Waals surface area contributed by atoms with Crippen molar-refractivity contribution in [2.24, 2.45) is 0 Å². The summed E-state index contributed by atoms with van der Waals surface area (Å²) < 4.78 is 4.54. The maximum Gasteiger partial charge on any atom is 0.338 e. The van der Waals surface area contributed by atoms with Crippen LogP contribution in [0.3, 0.4) is 0 Å². The molecule has 0 aliphatic rings. The molecule has 1 rings (SSSR count). The fraction of sp³-hybridized carbons (Fsp3) is 0.222. The highest BCUT2D eigenvalue weighted by molar-refractivity contribution is 5.91. The minimum Gasteiger partial charge on any atom is -0.508 e. The zero-order valence-corrected chi connectivity index (χ0v) is 7.00. The van der Waals surface area contributed by atoms with Gasteiger partial charge in [0.15, 0.2) is 0 Å². The molecular formula is C9H10O3. The molecule has 0 saturated heterocycles. The smallest absolute Gasteiger partial charge is 0.338 e. The normalized spacial score (nSPS) is 9.50. The van der Waals surface area contributed by atoms with Crippen LogP contribution in [0.5, 0.6) is 5.75 Å². The van der Waals surface area contributed by atoms with Crippen molar-refractivity contribution < 1.29 is 14.6 Å². The molecule has 1 N–H and O–H groups in total. The summed E-state index contributed by atoms with van der Waals surface area (Å²) >= 11 is 0. The Hall–Kier alpha value is -1.51. The summed E-state index contributed by atoms with van der Waals surface area (Å²) in [5.41, 5.74) is 1.19. The van der Waals surface area contributed by atoms with E-state index in [1.165, 1.54) is 25.3 Å². The largest absolute Gasteiger partial charge is 0.508 e. The van der Waals surface area contributed by atoms with Crippen LogP contribution in [0.15, 0.2) is 18.2 Å². The van der Waals surface area contributed by atoms with Crippen molar-refractivity contribution >= 4 is 5.97 Å². The number of hydrogen-bond donors (Lipinski definition) is 1. The molecule has 0 heterocycles. The molecule has 1 aromatic rings. The van der Waals surface area contributed by atoms with Crippen LogP contribution in [-0.4, -0.2) is 18.2 Å². The summed E-state index contributed by atoms with van der Waals surface area (Å²) in [6.45, 7) is 1.74. The average molecular weight is 166 g/mol. The lowest BCUT2D eigenvalue weighted by atomic mass is 10.1. The zero-order valence-electron chi connectivity index (χ0n) is 7.00. The van der Waals surface area contributed by atoms with E-state index in [2.05, 4.69) is 4.74 Å². The molecule has 64 valence electrons. The van der Waals surface area contributed by atoms with Crippen LogP contribution >= 0.6 is 0 Å². The third kappa shape index (κ3) is 1.56. The van der Waals surface area contributed by atoms with Gasteiger partial charge in [-0.15, -0.1) is 0 Å². The van der Waals surface area contributed by atoms with Crippen LogP contribution in [-0.2, 0) is 4.74 Å². The van der Waals surface area contributed by atoms with Gasteiger partial charge >= 0.3 is 5.97 Å². The Bertz CT molecular complexity index is 305. The van der Waals surface area contributed by atoms with E-state index in [4.69, 9.17) is 5.11 Å². The maximum absolute atomic E-state index is 11.0. The van der Waals surface area contributed by atoms with Crippen LogP contribution in [0.4, 0.5) is 0 Å². The molecule has 3 heteroatoms. The van der Waals surface area contributed by atoms with Gasteiger partial charge in [-0.2, -0.15) is 0 Å². The van der Waals surface area contributed by atoms with E-state index in [-0.39, 0.29) is 11.7 Å². The number of hydrogen-bond acceptors (Lipinski definition) is 3. The van der Waals surface area contributed by atoms with E-state index in [0.717, 1.165) is 0 Å². The van der Waals surface area contributed by atoms with Crippen molar-refractivity contribution in [2.75, 3.05) is 7.11 Å². The summed E-state index contributed by atoms with van der Waals surface area (Å²) in [7, 11) is 1.33. The molecule has 0 unspecified atom stereocenters. The first-order valence-corrected chi connectivity index (χ1v) is 3.53. The number of aryl methyl sites for hydroxylation is 1. The average Bonchev–Trinajstić information content (AvgIpc) is 2.03. The Balaban J connectivity index is 3.09. The van der Waals surface area contributed by atoms with Gasteiger partial charge in [0, 0.05) is 0 Å². The number of benzene rings is 1. The highest BCUT2D eigenvalue weighted by Gasteiger charge is 2.08. The molecule has 1 aromatic carbocycles. The number of rotatable bonds is 1. The van der Waals surface area contributed by atoms with Crippen molar-refractivity contribution in [1.29, 1.82) is 0 Å². The van der Waals surface area contributed by atoms with Gasteiger partial charge in [0.2, 0.25) is 0 Å². The molecule has 3 nitrogen and oxygen atoms in total. The van der Waals surface area contributed by atoms with Gasteiger partial charge in [0.25, 0.3) is 0 Å². The molecule has 0 atom stereocenters. The number of esters is 1. The molecular weight excluding hydrogens is 156 g/mol. The Labute approximate surface area is 70.6 Å². The van der Waals surface area contributed by atoms with Gasteiger partial charge < -0.3 is 9.84 Å². The lowest BCUT2D eigenvalue weighted by molar-refractivity contribution is 0.0600. The molecule has 0 fully saturated rings. The van der Waals surface area contributed by atoms with E-state index in [9.17, 15) is 4.79 Å². The van der Waals surface area contributed by atoms with Crippen molar-refractivity contribution in [3.8, 4) is 5.75 Å². The van der Waals surface area contributed by atoms with Crippen LogP contribution in [0.2, 0.25) is 0 Å². The van der Waals surface area contributed by atoms with Crippen LogP contribution in [0, 0.1) is 6.92 Å².